The Labute approximate surface area is 173 Å². The van der Waals surface area contributed by atoms with Crippen LogP contribution in [0.4, 0.5) is 11.8 Å². The van der Waals surface area contributed by atoms with Gasteiger partial charge in [-0.05, 0) is 64.0 Å². The van der Waals surface area contributed by atoms with E-state index in [0.29, 0.717) is 16.9 Å². The van der Waals surface area contributed by atoms with Crippen molar-refractivity contribution >= 4 is 23.4 Å². The molecule has 0 saturated heterocycles. The summed E-state index contributed by atoms with van der Waals surface area (Å²) >= 11 is 6.03. The summed E-state index contributed by atoms with van der Waals surface area (Å²) in [5.41, 5.74) is 14.6. The van der Waals surface area contributed by atoms with Crippen LogP contribution in [0.5, 0.6) is 0 Å². The molecule has 2 atom stereocenters. The molecule has 7 heteroatoms. The average molecular weight is 405 g/mol. The number of hydrogen-bond donors (Lipinski definition) is 3. The van der Waals surface area contributed by atoms with Crippen molar-refractivity contribution in [1.82, 2.24) is 20.2 Å². The first-order valence-electron chi connectivity index (χ1n) is 10.0. The van der Waals surface area contributed by atoms with Gasteiger partial charge in [0.05, 0.1) is 5.69 Å². The lowest BCUT2D eigenvalue weighted by molar-refractivity contribution is 0.288. The molecule has 1 aromatic heterocycles. The van der Waals surface area contributed by atoms with E-state index in [1.165, 1.54) is 0 Å². The molecule has 0 radical (unpaired) electrons. The SMILES string of the molecule is CCN(CC)CCCC(C)NC(C)c1nc(N)nc(N)c1-c1ccc(Cl)cc1. The molecule has 2 aromatic rings. The molecular weight excluding hydrogens is 372 g/mol. The highest BCUT2D eigenvalue weighted by Crippen LogP contribution is 2.32. The van der Waals surface area contributed by atoms with Gasteiger partial charge in [-0.3, -0.25) is 0 Å². The second kappa shape index (κ2) is 10.6. The number of halogens is 1. The minimum atomic E-state index is -0.0123. The van der Waals surface area contributed by atoms with E-state index in [2.05, 4.69) is 47.9 Å². The van der Waals surface area contributed by atoms with Gasteiger partial charge in [0.25, 0.3) is 0 Å². The predicted molar refractivity (Wildman–Crippen MR) is 119 cm³/mol. The second-order valence-electron chi connectivity index (χ2n) is 7.19. The zero-order valence-electron chi connectivity index (χ0n) is 17.4. The molecule has 2 rings (SSSR count). The summed E-state index contributed by atoms with van der Waals surface area (Å²) in [6, 6.07) is 7.87. The van der Waals surface area contributed by atoms with Gasteiger partial charge < -0.3 is 21.7 Å². The Balaban J connectivity index is 2.14. The van der Waals surface area contributed by atoms with Gasteiger partial charge in [0.2, 0.25) is 5.95 Å². The molecule has 0 saturated carbocycles. The Morgan fingerprint density at radius 1 is 1.07 bits per heavy atom. The van der Waals surface area contributed by atoms with E-state index in [9.17, 15) is 0 Å². The van der Waals surface area contributed by atoms with Crippen molar-refractivity contribution in [2.24, 2.45) is 0 Å². The van der Waals surface area contributed by atoms with Crippen LogP contribution in [0, 0.1) is 0 Å². The first kappa shape index (κ1) is 22.4. The van der Waals surface area contributed by atoms with E-state index in [4.69, 9.17) is 23.1 Å². The average Bonchev–Trinajstić information content (AvgIpc) is 2.65. The fourth-order valence-electron chi connectivity index (χ4n) is 3.49. The summed E-state index contributed by atoms with van der Waals surface area (Å²) in [4.78, 5) is 11.1. The molecule has 5 N–H and O–H groups in total. The van der Waals surface area contributed by atoms with Crippen molar-refractivity contribution in [3.05, 3.63) is 35.0 Å². The van der Waals surface area contributed by atoms with Crippen molar-refractivity contribution in [3.63, 3.8) is 0 Å². The van der Waals surface area contributed by atoms with Crippen LogP contribution in [-0.2, 0) is 0 Å². The third-order valence-electron chi connectivity index (χ3n) is 5.07. The number of nitrogen functional groups attached to an aromatic ring is 2. The Kier molecular flexibility index (Phi) is 8.48. The lowest BCUT2D eigenvalue weighted by Crippen LogP contribution is -2.31. The molecule has 1 heterocycles. The molecule has 2 unspecified atom stereocenters. The number of benzene rings is 1. The summed E-state index contributed by atoms with van der Waals surface area (Å²) < 4.78 is 0. The third kappa shape index (κ3) is 6.06. The fraction of sp³-hybridized carbons (Fsp3) is 0.524. The first-order chi connectivity index (χ1) is 13.3. The van der Waals surface area contributed by atoms with Gasteiger partial charge in [-0.2, -0.15) is 4.98 Å². The number of aromatic nitrogens is 2. The fourth-order valence-corrected chi connectivity index (χ4v) is 3.62. The van der Waals surface area contributed by atoms with Gasteiger partial charge in [0, 0.05) is 22.7 Å². The molecule has 0 amide bonds. The maximum absolute atomic E-state index is 6.21. The Bertz CT molecular complexity index is 745. The molecule has 0 aliphatic carbocycles. The molecule has 6 nitrogen and oxygen atoms in total. The largest absolute Gasteiger partial charge is 0.383 e. The highest BCUT2D eigenvalue weighted by Gasteiger charge is 2.20. The molecule has 0 aliphatic heterocycles. The molecule has 28 heavy (non-hydrogen) atoms. The summed E-state index contributed by atoms with van der Waals surface area (Å²) in [6.07, 6.45) is 2.24. The normalized spacial score (nSPS) is 13.6. The van der Waals surface area contributed by atoms with E-state index < -0.39 is 0 Å². The van der Waals surface area contributed by atoms with Gasteiger partial charge in [0.1, 0.15) is 5.82 Å². The van der Waals surface area contributed by atoms with E-state index in [-0.39, 0.29) is 12.0 Å². The van der Waals surface area contributed by atoms with Crippen molar-refractivity contribution in [2.75, 3.05) is 31.1 Å². The number of anilines is 2. The summed E-state index contributed by atoms with van der Waals surface area (Å²) in [7, 11) is 0. The highest BCUT2D eigenvalue weighted by molar-refractivity contribution is 6.30. The smallest absolute Gasteiger partial charge is 0.222 e. The van der Waals surface area contributed by atoms with Crippen LogP contribution in [0.2, 0.25) is 5.02 Å². The van der Waals surface area contributed by atoms with Gasteiger partial charge in [-0.25, -0.2) is 4.98 Å². The maximum Gasteiger partial charge on any atom is 0.222 e. The summed E-state index contributed by atoms with van der Waals surface area (Å²) in [5.74, 6) is 0.570. The van der Waals surface area contributed by atoms with Gasteiger partial charge in [-0.1, -0.05) is 37.6 Å². The van der Waals surface area contributed by atoms with Gasteiger partial charge >= 0.3 is 0 Å². The summed E-state index contributed by atoms with van der Waals surface area (Å²) in [6.45, 7) is 12.0. The standard InChI is InChI=1S/C21H33ClN6/c1-5-28(6-2)13-7-8-14(3)25-15(4)19-18(20(23)27-21(24)26-19)16-9-11-17(22)12-10-16/h9-12,14-15,25H,5-8,13H2,1-4H3,(H4,23,24,26,27). The van der Waals surface area contributed by atoms with Crippen molar-refractivity contribution in [3.8, 4) is 11.1 Å². The lowest BCUT2D eigenvalue weighted by atomic mass is 10.00. The number of nitrogens with one attached hydrogen (secondary N) is 1. The summed E-state index contributed by atoms with van der Waals surface area (Å²) in [5, 5.41) is 4.31. The predicted octanol–water partition coefficient (Wildman–Crippen LogP) is 4.12. The van der Waals surface area contributed by atoms with Crippen LogP contribution < -0.4 is 16.8 Å². The quantitative estimate of drug-likeness (QED) is 0.551. The molecule has 1 aromatic carbocycles. The minimum absolute atomic E-state index is 0.0123. The van der Waals surface area contributed by atoms with Crippen molar-refractivity contribution in [2.45, 2.75) is 52.6 Å². The highest BCUT2D eigenvalue weighted by atomic mass is 35.5. The Morgan fingerprint density at radius 3 is 2.32 bits per heavy atom. The first-order valence-corrected chi connectivity index (χ1v) is 10.4. The van der Waals surface area contributed by atoms with Crippen LogP contribution in [0.25, 0.3) is 11.1 Å². The van der Waals surface area contributed by atoms with Crippen LogP contribution in [0.1, 0.15) is 52.3 Å². The number of nitrogens with zero attached hydrogens (tertiary/aromatic N) is 3. The van der Waals surface area contributed by atoms with E-state index in [1.807, 2.05) is 24.3 Å². The topological polar surface area (TPSA) is 93.1 Å². The maximum atomic E-state index is 6.21. The zero-order chi connectivity index (χ0) is 20.7. The minimum Gasteiger partial charge on any atom is -0.383 e. The molecular formula is C21H33ClN6. The third-order valence-corrected chi connectivity index (χ3v) is 5.32. The number of nitrogens with two attached hydrogens (primary N) is 2. The van der Waals surface area contributed by atoms with E-state index in [1.54, 1.807) is 0 Å². The molecule has 0 aliphatic rings. The van der Waals surface area contributed by atoms with E-state index in [0.717, 1.165) is 49.3 Å². The second-order valence-corrected chi connectivity index (χ2v) is 7.63. The van der Waals surface area contributed by atoms with Crippen molar-refractivity contribution < 1.29 is 0 Å². The number of rotatable bonds is 10. The molecule has 0 fully saturated rings. The Morgan fingerprint density at radius 2 is 1.71 bits per heavy atom. The molecule has 0 bridgehead atoms. The van der Waals surface area contributed by atoms with Gasteiger partial charge in [-0.15, -0.1) is 0 Å². The van der Waals surface area contributed by atoms with Crippen LogP contribution in [-0.4, -0.2) is 40.5 Å². The molecule has 0 spiro atoms. The lowest BCUT2D eigenvalue weighted by Gasteiger charge is -2.24. The monoisotopic (exact) mass is 404 g/mol. The van der Waals surface area contributed by atoms with Crippen molar-refractivity contribution in [1.29, 1.82) is 0 Å². The Hall–Kier alpha value is -1.89. The van der Waals surface area contributed by atoms with Crippen LogP contribution in [0.15, 0.2) is 24.3 Å². The zero-order valence-corrected chi connectivity index (χ0v) is 18.1. The van der Waals surface area contributed by atoms with Crippen LogP contribution >= 0.6 is 11.6 Å². The van der Waals surface area contributed by atoms with E-state index >= 15 is 0 Å². The molecule has 154 valence electrons. The van der Waals surface area contributed by atoms with Crippen LogP contribution in [0.3, 0.4) is 0 Å². The number of hydrogen-bond acceptors (Lipinski definition) is 6. The van der Waals surface area contributed by atoms with Gasteiger partial charge in [0.15, 0.2) is 0 Å².